The Hall–Kier alpha value is -3.22. The molecule has 0 amide bonds. The minimum atomic E-state index is -0.0570. The van der Waals surface area contributed by atoms with Crippen molar-refractivity contribution < 1.29 is 18.9 Å². The monoisotopic (exact) mass is 350 g/mol. The molecular formula is C20H18N2O4. The van der Waals surface area contributed by atoms with Gasteiger partial charge in [0.25, 0.3) is 0 Å². The summed E-state index contributed by atoms with van der Waals surface area (Å²) in [5, 5.41) is 17.6. The summed E-state index contributed by atoms with van der Waals surface area (Å²) in [5.41, 5.74) is 4.24. The lowest BCUT2D eigenvalue weighted by Gasteiger charge is -2.24. The highest BCUT2D eigenvalue weighted by molar-refractivity contribution is 5.80. The molecule has 0 aliphatic heterocycles. The van der Waals surface area contributed by atoms with Crippen LogP contribution in [0.1, 0.15) is 11.1 Å². The van der Waals surface area contributed by atoms with E-state index in [9.17, 15) is 0 Å². The van der Waals surface area contributed by atoms with Gasteiger partial charge in [0.2, 0.25) is 0 Å². The molecule has 0 saturated carbocycles. The van der Waals surface area contributed by atoms with Crippen LogP contribution in [0.5, 0.6) is 17.2 Å². The van der Waals surface area contributed by atoms with E-state index in [0.29, 0.717) is 11.5 Å². The molecule has 132 valence electrons. The summed E-state index contributed by atoms with van der Waals surface area (Å²) < 4.78 is 21.6. The topological polar surface area (TPSA) is 84.5 Å². The molecule has 6 heteroatoms. The number of ether oxygens (including phenoxy) is 4. The van der Waals surface area contributed by atoms with E-state index in [2.05, 4.69) is 0 Å². The Labute approximate surface area is 152 Å². The van der Waals surface area contributed by atoms with E-state index >= 15 is 0 Å². The molecule has 6 nitrogen and oxygen atoms in total. The number of hydrogen-bond donors (Lipinski definition) is 0. The van der Waals surface area contributed by atoms with Crippen molar-refractivity contribution in [1.29, 1.82) is 10.5 Å². The van der Waals surface area contributed by atoms with Crippen LogP contribution in [0, 0.1) is 22.7 Å². The predicted molar refractivity (Wildman–Crippen MR) is 94.0 cm³/mol. The number of nitriles is 2. The van der Waals surface area contributed by atoms with Gasteiger partial charge in [-0.2, -0.15) is 10.5 Å². The van der Waals surface area contributed by atoms with E-state index in [1.807, 2.05) is 36.4 Å². The molecule has 0 radical (unpaired) electrons. The molecule has 0 N–H and O–H groups in total. The van der Waals surface area contributed by atoms with Crippen molar-refractivity contribution in [3.8, 4) is 40.5 Å². The molecule has 1 aliphatic rings. The van der Waals surface area contributed by atoms with E-state index in [1.54, 1.807) is 13.2 Å². The van der Waals surface area contributed by atoms with Crippen molar-refractivity contribution in [1.82, 2.24) is 0 Å². The van der Waals surface area contributed by atoms with Crippen LogP contribution < -0.4 is 14.2 Å². The first-order valence-electron chi connectivity index (χ1n) is 8.18. The van der Waals surface area contributed by atoms with Crippen LogP contribution >= 0.6 is 0 Å². The van der Waals surface area contributed by atoms with Gasteiger partial charge in [0.1, 0.15) is 29.4 Å². The maximum Gasteiger partial charge on any atom is 0.188 e. The lowest BCUT2D eigenvalue weighted by molar-refractivity contribution is 0.0511. The van der Waals surface area contributed by atoms with Crippen LogP contribution in [-0.2, 0) is 17.6 Å². The summed E-state index contributed by atoms with van der Waals surface area (Å²) in [6.45, 7) is 0.108. The van der Waals surface area contributed by atoms with Gasteiger partial charge in [-0.15, -0.1) is 0 Å². The van der Waals surface area contributed by atoms with Crippen LogP contribution in [0.25, 0.3) is 11.1 Å². The van der Waals surface area contributed by atoms with Crippen LogP contribution in [0.3, 0.4) is 0 Å². The van der Waals surface area contributed by atoms with Crippen molar-refractivity contribution >= 4 is 0 Å². The van der Waals surface area contributed by atoms with Crippen LogP contribution in [0.2, 0.25) is 0 Å². The van der Waals surface area contributed by atoms with Crippen LogP contribution in [0.15, 0.2) is 30.3 Å². The van der Waals surface area contributed by atoms with Gasteiger partial charge in [0.05, 0.1) is 0 Å². The van der Waals surface area contributed by atoms with Gasteiger partial charge in [-0.05, 0) is 47.7 Å². The molecule has 2 aromatic carbocycles. The molecule has 1 aliphatic carbocycles. The molecule has 2 aromatic rings. The smallest absolute Gasteiger partial charge is 0.188 e. The first kappa shape index (κ1) is 17.6. The highest BCUT2D eigenvalue weighted by Crippen LogP contribution is 2.43. The van der Waals surface area contributed by atoms with Crippen LogP contribution in [0.4, 0.5) is 0 Å². The second kappa shape index (κ2) is 8.24. The fourth-order valence-electron chi connectivity index (χ4n) is 3.08. The SMILES string of the molecule is COCOc1ccc2c(c1)CCc1cc(OCC#N)cc(OCC#N)c1-2. The van der Waals surface area contributed by atoms with Crippen molar-refractivity contribution in [2.75, 3.05) is 27.1 Å². The van der Waals surface area contributed by atoms with E-state index in [-0.39, 0.29) is 20.0 Å². The van der Waals surface area contributed by atoms with Gasteiger partial charge in [-0.25, -0.2) is 0 Å². The van der Waals surface area contributed by atoms with E-state index < -0.39 is 0 Å². The fraction of sp³-hybridized carbons (Fsp3) is 0.300. The minimum Gasteiger partial charge on any atom is -0.479 e. The molecule has 0 atom stereocenters. The summed E-state index contributed by atoms with van der Waals surface area (Å²) in [7, 11) is 1.58. The highest BCUT2D eigenvalue weighted by Gasteiger charge is 2.22. The summed E-state index contributed by atoms with van der Waals surface area (Å²) in [6.07, 6.45) is 1.66. The Morgan fingerprint density at radius 3 is 2.38 bits per heavy atom. The largest absolute Gasteiger partial charge is 0.479 e. The first-order valence-corrected chi connectivity index (χ1v) is 8.18. The third-order valence-corrected chi connectivity index (χ3v) is 4.11. The molecule has 0 saturated heterocycles. The maximum absolute atomic E-state index is 8.88. The summed E-state index contributed by atoms with van der Waals surface area (Å²) >= 11 is 0. The van der Waals surface area contributed by atoms with E-state index in [0.717, 1.165) is 40.8 Å². The van der Waals surface area contributed by atoms with Gasteiger partial charge in [-0.1, -0.05) is 6.07 Å². The molecule has 0 unspecified atom stereocenters. The second-order valence-corrected chi connectivity index (χ2v) is 5.72. The minimum absolute atomic E-state index is 0.0345. The molecule has 0 spiro atoms. The first-order chi connectivity index (χ1) is 12.8. The van der Waals surface area contributed by atoms with Crippen LogP contribution in [-0.4, -0.2) is 27.1 Å². The van der Waals surface area contributed by atoms with Gasteiger partial charge in [0, 0.05) is 18.7 Å². The Kier molecular flexibility index (Phi) is 5.58. The highest BCUT2D eigenvalue weighted by atomic mass is 16.7. The molecule has 0 bridgehead atoms. The van der Waals surface area contributed by atoms with Gasteiger partial charge >= 0.3 is 0 Å². The third kappa shape index (κ3) is 3.72. The number of fused-ring (bicyclic) bond motifs is 3. The maximum atomic E-state index is 8.88. The standard InChI is InChI=1S/C20H18N2O4/c1-23-13-26-16-4-5-18-14(10-16)2-3-15-11-17(24-8-6-21)12-19(20(15)18)25-9-7-22/h4-5,10-12H,2-3,8-9,13H2,1H3. The van der Waals surface area contributed by atoms with E-state index in [1.165, 1.54) is 0 Å². The summed E-state index contributed by atoms with van der Waals surface area (Å²) in [4.78, 5) is 0. The average molecular weight is 350 g/mol. The summed E-state index contributed by atoms with van der Waals surface area (Å²) in [5.74, 6) is 1.91. The number of hydrogen-bond acceptors (Lipinski definition) is 6. The zero-order valence-electron chi connectivity index (χ0n) is 14.4. The molecule has 26 heavy (non-hydrogen) atoms. The van der Waals surface area contributed by atoms with E-state index in [4.69, 9.17) is 29.5 Å². The van der Waals surface area contributed by atoms with Crippen molar-refractivity contribution in [2.45, 2.75) is 12.8 Å². The summed E-state index contributed by atoms with van der Waals surface area (Å²) in [6, 6.07) is 13.5. The van der Waals surface area contributed by atoms with Gasteiger partial charge in [-0.3, -0.25) is 0 Å². The predicted octanol–water partition coefficient (Wildman–Crippen LogP) is 3.24. The quantitative estimate of drug-likeness (QED) is 0.713. The zero-order valence-corrected chi connectivity index (χ0v) is 14.4. The lowest BCUT2D eigenvalue weighted by atomic mass is 9.84. The molecular weight excluding hydrogens is 332 g/mol. The van der Waals surface area contributed by atoms with Crippen molar-refractivity contribution in [3.05, 3.63) is 41.5 Å². The number of aryl methyl sites for hydroxylation is 2. The normalized spacial score (nSPS) is 11.5. The van der Waals surface area contributed by atoms with Crippen molar-refractivity contribution in [3.63, 3.8) is 0 Å². The second-order valence-electron chi connectivity index (χ2n) is 5.72. The molecule has 0 aromatic heterocycles. The molecule has 0 heterocycles. The number of rotatable bonds is 7. The Morgan fingerprint density at radius 2 is 1.62 bits per heavy atom. The average Bonchev–Trinajstić information content (AvgIpc) is 2.68. The number of methoxy groups -OCH3 is 1. The Bertz CT molecular complexity index is 881. The molecule has 0 fully saturated rings. The third-order valence-electron chi connectivity index (χ3n) is 4.11. The van der Waals surface area contributed by atoms with Gasteiger partial charge < -0.3 is 18.9 Å². The zero-order chi connectivity index (χ0) is 18.4. The Balaban J connectivity index is 2.01. The Morgan fingerprint density at radius 1 is 0.885 bits per heavy atom. The fourth-order valence-corrected chi connectivity index (χ4v) is 3.08. The molecule has 3 rings (SSSR count). The number of nitrogens with zero attached hydrogens (tertiary/aromatic N) is 2. The van der Waals surface area contributed by atoms with Crippen molar-refractivity contribution in [2.24, 2.45) is 0 Å². The number of benzene rings is 2. The lowest BCUT2D eigenvalue weighted by Crippen LogP contribution is -2.09. The van der Waals surface area contributed by atoms with Gasteiger partial charge in [0.15, 0.2) is 20.0 Å².